The lowest BCUT2D eigenvalue weighted by molar-refractivity contribution is -0.286. The predicted molar refractivity (Wildman–Crippen MR) is 121 cm³/mol. The van der Waals surface area contributed by atoms with Gasteiger partial charge in [-0.15, -0.1) is 8.78 Å². The van der Waals surface area contributed by atoms with Gasteiger partial charge in [-0.1, -0.05) is 18.2 Å². The number of alkyl halides is 2. The maximum atomic E-state index is 13.5. The summed E-state index contributed by atoms with van der Waals surface area (Å²) in [5, 5.41) is 4.38. The number of halogens is 2. The number of nitrogens with one attached hydrogen (secondary N) is 2. The minimum Gasteiger partial charge on any atom is -0.449 e. The molecule has 2 N–H and O–H groups in total. The molecular formula is C21H19F2N5O5S. The van der Waals surface area contributed by atoms with Gasteiger partial charge in [-0.2, -0.15) is 4.98 Å². The molecular weight excluding hydrogens is 472 g/mol. The second kappa shape index (κ2) is 9.09. The highest BCUT2D eigenvalue weighted by atomic mass is 32.2. The third-order valence-electron chi connectivity index (χ3n) is 4.31. The fraction of sp³-hybridized carbons (Fsp3) is 0.190. The summed E-state index contributed by atoms with van der Waals surface area (Å²) < 4.78 is 55.8. The fourth-order valence-electron chi connectivity index (χ4n) is 3.07. The standard InChI is InChI=1S/C21H19F2N5O5S/c1-3-31-20(29)28-34(2,30)11-13-6-4-7-14(10-13)26-19-25-12-24-18(27-19)15-8-5-9-16-17(15)33-21(22,23)32-16/h4-12H,3H2,1-2H3,(H,28,29,30)(H,24,25,26,27). The lowest BCUT2D eigenvalue weighted by atomic mass is 10.2. The number of benzene rings is 2. The van der Waals surface area contributed by atoms with E-state index in [-0.39, 0.29) is 35.4 Å². The van der Waals surface area contributed by atoms with Gasteiger partial charge >= 0.3 is 12.4 Å². The molecule has 1 amide bonds. The molecule has 10 nitrogen and oxygen atoms in total. The molecule has 0 radical (unpaired) electrons. The number of carbonyl (C=O) groups excluding carboxylic acids is 1. The van der Waals surface area contributed by atoms with Crippen molar-refractivity contribution in [1.82, 2.24) is 19.7 Å². The van der Waals surface area contributed by atoms with Crippen molar-refractivity contribution >= 4 is 32.8 Å². The molecule has 2 aromatic carbocycles. The van der Waals surface area contributed by atoms with Crippen LogP contribution >= 0.6 is 0 Å². The van der Waals surface area contributed by atoms with Crippen LogP contribution in [0.25, 0.3) is 11.4 Å². The van der Waals surface area contributed by atoms with E-state index in [0.717, 1.165) is 0 Å². The zero-order valence-corrected chi connectivity index (χ0v) is 18.8. The van der Waals surface area contributed by atoms with E-state index in [1.165, 1.54) is 36.1 Å². The number of rotatable bonds is 6. The van der Waals surface area contributed by atoms with Gasteiger partial charge in [0.15, 0.2) is 17.3 Å². The Morgan fingerprint density at radius 1 is 1.21 bits per heavy atom. The Morgan fingerprint density at radius 3 is 2.79 bits per heavy atom. The van der Waals surface area contributed by atoms with Gasteiger partial charge < -0.3 is 19.5 Å². The lowest BCUT2D eigenvalue weighted by Gasteiger charge is -2.10. The second-order valence-electron chi connectivity index (χ2n) is 7.03. The Hall–Kier alpha value is -4.00. The molecule has 0 spiro atoms. The molecule has 1 atom stereocenters. The molecule has 1 aromatic heterocycles. The summed E-state index contributed by atoms with van der Waals surface area (Å²) in [7, 11) is -2.86. The van der Waals surface area contributed by atoms with Crippen molar-refractivity contribution in [3.05, 3.63) is 54.4 Å². The summed E-state index contributed by atoms with van der Waals surface area (Å²) >= 11 is 0. The van der Waals surface area contributed by atoms with Gasteiger partial charge in [0.1, 0.15) is 6.33 Å². The summed E-state index contributed by atoms with van der Waals surface area (Å²) in [5.41, 5.74) is 1.30. The molecule has 13 heteroatoms. The van der Waals surface area contributed by atoms with Gasteiger partial charge in [0.25, 0.3) is 0 Å². The highest BCUT2D eigenvalue weighted by molar-refractivity contribution is 7.99. The number of anilines is 2. The first kappa shape index (κ1) is 23.2. The third kappa shape index (κ3) is 5.49. The topological polar surface area (TPSA) is 125 Å². The van der Waals surface area contributed by atoms with E-state index < -0.39 is 22.1 Å². The highest BCUT2D eigenvalue weighted by Gasteiger charge is 2.44. The number of fused-ring (bicyclic) bond motifs is 1. The van der Waals surface area contributed by atoms with Crippen molar-refractivity contribution in [3.8, 4) is 22.9 Å². The molecule has 1 aliphatic heterocycles. The van der Waals surface area contributed by atoms with Crippen LogP contribution in [0.1, 0.15) is 12.5 Å². The minimum atomic E-state index is -3.77. The van der Waals surface area contributed by atoms with Crippen LogP contribution in [0.2, 0.25) is 0 Å². The Kier molecular flexibility index (Phi) is 6.20. The summed E-state index contributed by atoms with van der Waals surface area (Å²) in [4.78, 5) is 24.0. The summed E-state index contributed by atoms with van der Waals surface area (Å²) in [6, 6.07) is 11.2. The molecule has 0 saturated carbocycles. The van der Waals surface area contributed by atoms with E-state index in [4.69, 9.17) is 4.74 Å². The molecule has 1 unspecified atom stereocenters. The van der Waals surface area contributed by atoms with Crippen molar-refractivity contribution in [1.29, 1.82) is 0 Å². The largest absolute Gasteiger partial charge is 0.586 e. The van der Waals surface area contributed by atoms with E-state index in [2.05, 4.69) is 34.5 Å². The monoisotopic (exact) mass is 491 g/mol. The van der Waals surface area contributed by atoms with Crippen LogP contribution < -0.4 is 19.5 Å². The number of nitrogens with zero attached hydrogens (tertiary/aromatic N) is 3. The van der Waals surface area contributed by atoms with Gasteiger partial charge in [0, 0.05) is 17.3 Å². The van der Waals surface area contributed by atoms with Crippen molar-refractivity contribution in [2.45, 2.75) is 13.2 Å². The normalized spacial score (nSPS) is 15.2. The Morgan fingerprint density at radius 2 is 2.00 bits per heavy atom. The molecule has 0 bridgehead atoms. The fourth-order valence-corrected chi connectivity index (χ4v) is 4.18. The summed E-state index contributed by atoms with van der Waals surface area (Å²) in [5.74, 6) is -0.0748. The van der Waals surface area contributed by atoms with Crippen LogP contribution in [-0.2, 0) is 14.4 Å². The van der Waals surface area contributed by atoms with Gasteiger partial charge in [0.05, 0.1) is 21.9 Å². The van der Waals surface area contributed by atoms with Crippen molar-refractivity contribution < 1.29 is 32.0 Å². The zero-order chi connectivity index (χ0) is 24.3. The van der Waals surface area contributed by atoms with Gasteiger partial charge in [-0.3, -0.25) is 0 Å². The zero-order valence-electron chi connectivity index (χ0n) is 18.0. The smallest absolute Gasteiger partial charge is 0.449 e. The number of carbonyl (C=O) groups is 1. The molecule has 178 valence electrons. The van der Waals surface area contributed by atoms with E-state index in [1.54, 1.807) is 31.2 Å². The van der Waals surface area contributed by atoms with Gasteiger partial charge in [-0.05, 0) is 36.8 Å². The molecule has 1 aliphatic rings. The number of ether oxygens (including phenoxy) is 3. The Balaban J connectivity index is 1.57. The Labute approximate surface area is 193 Å². The average molecular weight is 491 g/mol. The first-order valence-electron chi connectivity index (χ1n) is 9.88. The van der Waals surface area contributed by atoms with E-state index >= 15 is 0 Å². The molecule has 0 aliphatic carbocycles. The molecule has 0 fully saturated rings. The maximum absolute atomic E-state index is 13.5. The molecule has 2 heterocycles. The van der Waals surface area contributed by atoms with Crippen LogP contribution in [0.5, 0.6) is 11.5 Å². The SMILES string of the molecule is CCOC(=O)NS(C)(=O)=Cc1cccc(Nc2ncnc(-c3cccc4c3OC(F)(F)O4)n2)c1. The summed E-state index contributed by atoms with van der Waals surface area (Å²) in [6.45, 7) is 1.80. The van der Waals surface area contributed by atoms with Gasteiger partial charge in [-0.25, -0.2) is 23.7 Å². The molecule has 0 saturated heterocycles. The number of aromatic nitrogens is 3. The van der Waals surface area contributed by atoms with Crippen LogP contribution in [-0.4, -0.2) is 49.8 Å². The Bertz CT molecular complexity index is 1360. The predicted octanol–water partition coefficient (Wildman–Crippen LogP) is 3.33. The van der Waals surface area contributed by atoms with Crippen LogP contribution in [0, 0.1) is 0 Å². The van der Waals surface area contributed by atoms with Crippen LogP contribution in [0.15, 0.2) is 48.8 Å². The van der Waals surface area contributed by atoms with Crippen LogP contribution in [0.3, 0.4) is 0 Å². The molecule has 4 rings (SSSR count). The number of hydrogen-bond donors (Lipinski definition) is 2. The van der Waals surface area contributed by atoms with E-state index in [0.29, 0.717) is 11.3 Å². The lowest BCUT2D eigenvalue weighted by Crippen LogP contribution is -2.31. The van der Waals surface area contributed by atoms with Crippen molar-refractivity contribution in [2.24, 2.45) is 0 Å². The number of amides is 1. The van der Waals surface area contributed by atoms with Gasteiger partial charge in [0.2, 0.25) is 5.95 Å². The van der Waals surface area contributed by atoms with E-state index in [9.17, 15) is 17.8 Å². The maximum Gasteiger partial charge on any atom is 0.586 e. The number of para-hydroxylation sites is 1. The average Bonchev–Trinajstić information content (AvgIpc) is 3.07. The third-order valence-corrected chi connectivity index (χ3v) is 5.60. The molecule has 34 heavy (non-hydrogen) atoms. The van der Waals surface area contributed by atoms with E-state index in [1.807, 2.05) is 0 Å². The summed E-state index contributed by atoms with van der Waals surface area (Å²) in [6.07, 6.45) is -1.96. The molecule has 3 aromatic rings. The second-order valence-corrected chi connectivity index (χ2v) is 9.28. The highest BCUT2D eigenvalue weighted by Crippen LogP contribution is 2.46. The quantitative estimate of drug-likeness (QED) is 0.500. The first-order valence-corrected chi connectivity index (χ1v) is 11.9. The van der Waals surface area contributed by atoms with Crippen molar-refractivity contribution in [2.75, 3.05) is 18.2 Å². The minimum absolute atomic E-state index is 0.0913. The first-order chi connectivity index (χ1) is 16.1. The van der Waals surface area contributed by atoms with Crippen molar-refractivity contribution in [3.63, 3.8) is 0 Å². The number of hydrogen-bond acceptors (Lipinski definition) is 9. The van der Waals surface area contributed by atoms with Crippen LogP contribution in [0.4, 0.5) is 25.2 Å².